The zero-order chi connectivity index (χ0) is 20.4. The summed E-state index contributed by atoms with van der Waals surface area (Å²) >= 11 is 0. The average Bonchev–Trinajstić information content (AvgIpc) is 3.25. The molecule has 0 aromatic carbocycles. The van der Waals surface area contributed by atoms with Gasteiger partial charge in [0.05, 0.1) is 0 Å². The number of hydrogen-bond donors (Lipinski definition) is 2. The van der Waals surface area contributed by atoms with Gasteiger partial charge in [-0.25, -0.2) is 9.97 Å². The van der Waals surface area contributed by atoms with Crippen molar-refractivity contribution >= 4 is 11.9 Å². The predicted octanol–water partition coefficient (Wildman–Crippen LogP) is 1.36. The Bertz CT molecular complexity index is 611. The molecule has 2 heterocycles. The Morgan fingerprint density at radius 3 is 2.52 bits per heavy atom. The van der Waals surface area contributed by atoms with Gasteiger partial charge in [-0.15, -0.1) is 0 Å². The molecule has 29 heavy (non-hydrogen) atoms. The molecule has 2 N–H and O–H groups in total. The second-order valence-corrected chi connectivity index (χ2v) is 8.18. The van der Waals surface area contributed by atoms with Crippen LogP contribution in [0.15, 0.2) is 23.5 Å². The van der Waals surface area contributed by atoms with Crippen molar-refractivity contribution in [2.45, 2.75) is 32.1 Å². The molecule has 0 spiro atoms. The third-order valence-electron chi connectivity index (χ3n) is 6.28. The maximum Gasteiger partial charge on any atom is 0.225 e. The fraction of sp³-hybridized carbons (Fsp3) is 0.762. The van der Waals surface area contributed by atoms with E-state index in [1.54, 1.807) is 7.11 Å². The Labute approximate surface area is 175 Å². The van der Waals surface area contributed by atoms with E-state index < -0.39 is 0 Å². The van der Waals surface area contributed by atoms with Gasteiger partial charge in [0.15, 0.2) is 5.96 Å². The van der Waals surface area contributed by atoms with E-state index in [0.717, 1.165) is 70.7 Å². The standard InChI is InChI=1S/C21H37N7O/c1-22-19(26-18-21(8-17-29-2)6-3-4-7-21)23-11-12-27-13-15-28(16-14-27)20-24-9-5-10-25-20/h5,9-10H,3-4,6-8,11-18H2,1-2H3,(H2,22,23,26). The van der Waals surface area contributed by atoms with Gasteiger partial charge >= 0.3 is 0 Å². The fourth-order valence-electron chi connectivity index (χ4n) is 4.41. The number of rotatable bonds is 9. The van der Waals surface area contributed by atoms with E-state index in [0.29, 0.717) is 5.41 Å². The Morgan fingerprint density at radius 1 is 1.14 bits per heavy atom. The zero-order valence-corrected chi connectivity index (χ0v) is 18.1. The van der Waals surface area contributed by atoms with E-state index in [-0.39, 0.29) is 0 Å². The molecule has 0 atom stereocenters. The van der Waals surface area contributed by atoms with E-state index in [2.05, 4.69) is 35.4 Å². The molecule has 2 aliphatic rings. The molecule has 1 saturated carbocycles. The van der Waals surface area contributed by atoms with Crippen molar-refractivity contribution in [2.75, 3.05) is 71.5 Å². The lowest BCUT2D eigenvalue weighted by Gasteiger charge is -2.34. The second-order valence-electron chi connectivity index (χ2n) is 8.18. The molecule has 8 nitrogen and oxygen atoms in total. The van der Waals surface area contributed by atoms with Gasteiger partial charge < -0.3 is 20.3 Å². The van der Waals surface area contributed by atoms with E-state index in [9.17, 15) is 0 Å². The molecule has 3 rings (SSSR count). The van der Waals surface area contributed by atoms with Crippen LogP contribution in [0.1, 0.15) is 32.1 Å². The number of aromatic nitrogens is 2. The third-order valence-corrected chi connectivity index (χ3v) is 6.28. The third kappa shape index (κ3) is 6.54. The van der Waals surface area contributed by atoms with Crippen molar-refractivity contribution in [3.05, 3.63) is 18.5 Å². The molecule has 0 bridgehead atoms. The molecule has 2 fully saturated rings. The van der Waals surface area contributed by atoms with Gasteiger partial charge in [-0.05, 0) is 30.7 Å². The van der Waals surface area contributed by atoms with Gasteiger partial charge in [0.25, 0.3) is 0 Å². The summed E-state index contributed by atoms with van der Waals surface area (Å²) in [5, 5.41) is 7.05. The quantitative estimate of drug-likeness (QED) is 0.476. The Hall–Kier alpha value is -1.93. The molecule has 1 aromatic rings. The molecule has 1 saturated heterocycles. The number of anilines is 1. The highest BCUT2D eigenvalue weighted by Gasteiger charge is 2.33. The smallest absolute Gasteiger partial charge is 0.225 e. The van der Waals surface area contributed by atoms with Crippen LogP contribution in [0, 0.1) is 5.41 Å². The van der Waals surface area contributed by atoms with Crippen LogP contribution in [0.3, 0.4) is 0 Å². The highest BCUT2D eigenvalue weighted by molar-refractivity contribution is 5.79. The topological polar surface area (TPSA) is 77.9 Å². The molecule has 0 radical (unpaired) electrons. The summed E-state index contributed by atoms with van der Waals surface area (Å²) in [5.41, 5.74) is 0.365. The minimum absolute atomic E-state index is 0.365. The number of ether oxygens (including phenoxy) is 1. The molecule has 1 aliphatic carbocycles. The monoisotopic (exact) mass is 403 g/mol. The van der Waals surface area contributed by atoms with Crippen LogP contribution in [-0.2, 0) is 4.74 Å². The van der Waals surface area contributed by atoms with Gasteiger partial charge in [-0.1, -0.05) is 12.8 Å². The van der Waals surface area contributed by atoms with Gasteiger partial charge in [0, 0.05) is 79.0 Å². The summed E-state index contributed by atoms with van der Waals surface area (Å²) in [6, 6.07) is 1.86. The number of nitrogens with one attached hydrogen (secondary N) is 2. The highest BCUT2D eigenvalue weighted by Crippen LogP contribution is 2.40. The van der Waals surface area contributed by atoms with Gasteiger partial charge in [-0.3, -0.25) is 9.89 Å². The predicted molar refractivity (Wildman–Crippen MR) is 117 cm³/mol. The number of nitrogens with zero attached hydrogens (tertiary/aromatic N) is 5. The molecule has 1 aromatic heterocycles. The summed E-state index contributed by atoms with van der Waals surface area (Å²) in [4.78, 5) is 17.9. The largest absolute Gasteiger partial charge is 0.385 e. The van der Waals surface area contributed by atoms with E-state index in [4.69, 9.17) is 4.74 Å². The van der Waals surface area contributed by atoms with Crippen LogP contribution in [-0.4, -0.2) is 87.4 Å². The lowest BCUT2D eigenvalue weighted by molar-refractivity contribution is 0.138. The highest BCUT2D eigenvalue weighted by atomic mass is 16.5. The maximum absolute atomic E-state index is 5.34. The number of piperazine rings is 1. The Balaban J connectivity index is 1.35. The Morgan fingerprint density at radius 2 is 1.86 bits per heavy atom. The number of hydrogen-bond acceptors (Lipinski definition) is 6. The normalized spacial score (nSPS) is 20.1. The van der Waals surface area contributed by atoms with Crippen LogP contribution < -0.4 is 15.5 Å². The van der Waals surface area contributed by atoms with Crippen molar-refractivity contribution in [2.24, 2.45) is 10.4 Å². The van der Waals surface area contributed by atoms with Crippen molar-refractivity contribution in [3.63, 3.8) is 0 Å². The first-order valence-electron chi connectivity index (χ1n) is 10.9. The van der Waals surface area contributed by atoms with Crippen molar-refractivity contribution in [1.29, 1.82) is 0 Å². The van der Waals surface area contributed by atoms with E-state index in [1.807, 2.05) is 25.5 Å². The molecular weight excluding hydrogens is 366 g/mol. The SMILES string of the molecule is CN=C(NCCN1CCN(c2ncccn2)CC1)NCC1(CCOC)CCCC1. The van der Waals surface area contributed by atoms with Crippen molar-refractivity contribution < 1.29 is 4.74 Å². The van der Waals surface area contributed by atoms with Gasteiger partial charge in [0.1, 0.15) is 0 Å². The Kier molecular flexibility index (Phi) is 8.49. The molecule has 8 heteroatoms. The van der Waals surface area contributed by atoms with E-state index >= 15 is 0 Å². The van der Waals surface area contributed by atoms with Crippen LogP contribution in [0.25, 0.3) is 0 Å². The maximum atomic E-state index is 5.34. The minimum Gasteiger partial charge on any atom is -0.385 e. The summed E-state index contributed by atoms with van der Waals surface area (Å²) in [5.74, 6) is 1.74. The molecule has 162 valence electrons. The lowest BCUT2D eigenvalue weighted by Crippen LogP contribution is -2.50. The number of methoxy groups -OCH3 is 1. The first-order valence-corrected chi connectivity index (χ1v) is 10.9. The zero-order valence-electron chi connectivity index (χ0n) is 18.1. The van der Waals surface area contributed by atoms with Crippen LogP contribution in [0.5, 0.6) is 0 Å². The average molecular weight is 404 g/mol. The van der Waals surface area contributed by atoms with Crippen molar-refractivity contribution in [1.82, 2.24) is 25.5 Å². The van der Waals surface area contributed by atoms with Gasteiger partial charge in [0.2, 0.25) is 5.95 Å². The lowest BCUT2D eigenvalue weighted by atomic mass is 9.83. The number of aliphatic imine (C=N–C) groups is 1. The summed E-state index contributed by atoms with van der Waals surface area (Å²) in [6.07, 6.45) is 9.98. The van der Waals surface area contributed by atoms with Crippen LogP contribution in [0.4, 0.5) is 5.95 Å². The van der Waals surface area contributed by atoms with Crippen LogP contribution in [0.2, 0.25) is 0 Å². The molecule has 0 unspecified atom stereocenters. The van der Waals surface area contributed by atoms with Crippen LogP contribution >= 0.6 is 0 Å². The van der Waals surface area contributed by atoms with Crippen molar-refractivity contribution in [3.8, 4) is 0 Å². The summed E-state index contributed by atoms with van der Waals surface area (Å²) < 4.78 is 5.34. The molecule has 0 amide bonds. The van der Waals surface area contributed by atoms with E-state index in [1.165, 1.54) is 25.7 Å². The number of guanidine groups is 1. The first-order chi connectivity index (χ1) is 14.2. The summed E-state index contributed by atoms with van der Waals surface area (Å²) in [6.45, 7) is 7.74. The first kappa shape index (κ1) is 21.8. The minimum atomic E-state index is 0.365. The molecular formula is C21H37N7O. The summed E-state index contributed by atoms with van der Waals surface area (Å²) in [7, 11) is 3.65. The van der Waals surface area contributed by atoms with Gasteiger partial charge in [-0.2, -0.15) is 0 Å². The second kappa shape index (κ2) is 11.3. The fourth-order valence-corrected chi connectivity index (χ4v) is 4.41. The molecule has 1 aliphatic heterocycles.